The highest BCUT2D eigenvalue weighted by atomic mass is 32.2. The van der Waals surface area contributed by atoms with E-state index in [9.17, 15) is 18.0 Å². The van der Waals surface area contributed by atoms with Gasteiger partial charge in [-0.1, -0.05) is 24.3 Å². The van der Waals surface area contributed by atoms with Gasteiger partial charge in [0.15, 0.2) is 0 Å². The largest absolute Gasteiger partial charge is 0.345 e. The molecule has 2 amide bonds. The van der Waals surface area contributed by atoms with Gasteiger partial charge in [-0.3, -0.25) is 9.59 Å². The average molecular weight is 413 g/mol. The maximum atomic E-state index is 12.7. The number of rotatable bonds is 3. The molecule has 0 saturated carbocycles. The van der Waals surface area contributed by atoms with E-state index in [-0.39, 0.29) is 23.4 Å². The molecule has 6 nitrogen and oxygen atoms in total. The van der Waals surface area contributed by atoms with E-state index >= 15 is 0 Å². The van der Waals surface area contributed by atoms with Gasteiger partial charge in [0.25, 0.3) is 5.91 Å². The first-order valence-corrected chi connectivity index (χ1v) is 11.4. The van der Waals surface area contributed by atoms with Gasteiger partial charge in [-0.25, -0.2) is 12.7 Å². The molecule has 2 aromatic rings. The van der Waals surface area contributed by atoms with Crippen molar-refractivity contribution in [3.05, 3.63) is 65.2 Å². The van der Waals surface area contributed by atoms with Gasteiger partial charge in [0, 0.05) is 5.56 Å². The van der Waals surface area contributed by atoms with Crippen LogP contribution in [0.4, 0.5) is 5.69 Å². The Kier molecular flexibility index (Phi) is 4.73. The van der Waals surface area contributed by atoms with E-state index in [0.29, 0.717) is 5.56 Å². The Morgan fingerprint density at radius 2 is 1.79 bits per heavy atom. The summed E-state index contributed by atoms with van der Waals surface area (Å²) < 4.78 is 25.7. The SMILES string of the molecule is CC1(C)CS(=O)(=O)N(c2ccc(C(=O)NC3CCCc4ccccc43)cc2)C1=O. The molecule has 0 radical (unpaired) electrons. The second-order valence-electron chi connectivity index (χ2n) is 8.37. The van der Waals surface area contributed by atoms with Crippen LogP contribution >= 0.6 is 0 Å². The van der Waals surface area contributed by atoms with Gasteiger partial charge < -0.3 is 5.32 Å². The number of hydrogen-bond donors (Lipinski definition) is 1. The zero-order valence-electron chi connectivity index (χ0n) is 16.5. The third-order valence-electron chi connectivity index (χ3n) is 5.62. The van der Waals surface area contributed by atoms with Crippen molar-refractivity contribution < 1.29 is 18.0 Å². The van der Waals surface area contributed by atoms with Gasteiger partial charge in [-0.15, -0.1) is 0 Å². The van der Waals surface area contributed by atoms with Crippen LogP contribution < -0.4 is 9.62 Å². The minimum Gasteiger partial charge on any atom is -0.345 e. The molecule has 1 saturated heterocycles. The van der Waals surface area contributed by atoms with E-state index in [0.717, 1.165) is 29.1 Å². The Bertz CT molecular complexity index is 1070. The maximum absolute atomic E-state index is 12.7. The summed E-state index contributed by atoms with van der Waals surface area (Å²) in [5, 5.41) is 3.08. The normalized spacial score (nSPS) is 22.2. The molecule has 1 unspecified atom stereocenters. The first kappa shape index (κ1) is 19.6. The topological polar surface area (TPSA) is 83.6 Å². The summed E-state index contributed by atoms with van der Waals surface area (Å²) in [4.78, 5) is 25.2. The summed E-state index contributed by atoms with van der Waals surface area (Å²) >= 11 is 0. The zero-order chi connectivity index (χ0) is 20.8. The van der Waals surface area contributed by atoms with Crippen LogP contribution in [0, 0.1) is 5.41 Å². The van der Waals surface area contributed by atoms with Crippen molar-refractivity contribution in [2.45, 2.75) is 39.2 Å². The summed E-state index contributed by atoms with van der Waals surface area (Å²) in [6, 6.07) is 14.3. The second kappa shape index (κ2) is 6.99. The van der Waals surface area contributed by atoms with Crippen molar-refractivity contribution in [2.75, 3.05) is 10.1 Å². The molecule has 0 spiro atoms. The van der Waals surface area contributed by atoms with Crippen molar-refractivity contribution >= 4 is 27.5 Å². The highest BCUT2D eigenvalue weighted by molar-refractivity contribution is 7.94. The van der Waals surface area contributed by atoms with Gasteiger partial charge in [0.05, 0.1) is 22.9 Å². The quantitative estimate of drug-likeness (QED) is 0.839. The first-order valence-electron chi connectivity index (χ1n) is 9.75. The number of anilines is 1. The lowest BCUT2D eigenvalue weighted by Gasteiger charge is -2.26. The molecule has 152 valence electrons. The molecular formula is C22H24N2O4S. The van der Waals surface area contributed by atoms with E-state index in [2.05, 4.69) is 11.4 Å². The summed E-state index contributed by atoms with van der Waals surface area (Å²) in [6.07, 6.45) is 2.92. The Balaban J connectivity index is 1.53. The fraction of sp³-hybridized carbons (Fsp3) is 0.364. The number of carbonyl (C=O) groups is 2. The van der Waals surface area contributed by atoms with Crippen molar-refractivity contribution in [3.8, 4) is 0 Å². The molecule has 4 rings (SSSR count). The number of sulfonamides is 1. The molecule has 2 aromatic carbocycles. The van der Waals surface area contributed by atoms with Crippen LogP contribution in [-0.4, -0.2) is 26.0 Å². The fourth-order valence-corrected chi connectivity index (χ4v) is 6.26. The minimum atomic E-state index is -3.70. The number of benzene rings is 2. The van der Waals surface area contributed by atoms with E-state index in [4.69, 9.17) is 0 Å². The fourth-order valence-electron chi connectivity index (χ4n) is 4.16. The van der Waals surface area contributed by atoms with Crippen molar-refractivity contribution in [3.63, 3.8) is 0 Å². The average Bonchev–Trinajstić information content (AvgIpc) is 2.84. The molecule has 0 aromatic heterocycles. The lowest BCUT2D eigenvalue weighted by Crippen LogP contribution is -2.33. The number of carbonyl (C=O) groups excluding carboxylic acids is 2. The molecule has 1 N–H and O–H groups in total. The third-order valence-corrected chi connectivity index (χ3v) is 7.64. The van der Waals surface area contributed by atoms with E-state index in [1.807, 2.05) is 18.2 Å². The van der Waals surface area contributed by atoms with Gasteiger partial charge in [-0.05, 0) is 68.5 Å². The lowest BCUT2D eigenvalue weighted by molar-refractivity contribution is -0.123. The van der Waals surface area contributed by atoms with Crippen LogP contribution in [0.2, 0.25) is 0 Å². The summed E-state index contributed by atoms with van der Waals surface area (Å²) in [6.45, 7) is 3.24. The van der Waals surface area contributed by atoms with Gasteiger partial charge in [0.2, 0.25) is 15.9 Å². The monoisotopic (exact) mass is 412 g/mol. The molecular weight excluding hydrogens is 388 g/mol. The second-order valence-corrected chi connectivity index (χ2v) is 10.2. The molecule has 0 bridgehead atoms. The number of nitrogens with one attached hydrogen (secondary N) is 1. The van der Waals surface area contributed by atoms with E-state index < -0.39 is 21.3 Å². The van der Waals surface area contributed by atoms with Crippen LogP contribution in [0.1, 0.15) is 54.2 Å². The van der Waals surface area contributed by atoms with Crippen LogP contribution in [0.5, 0.6) is 0 Å². The molecule has 1 atom stereocenters. The Hall–Kier alpha value is -2.67. The lowest BCUT2D eigenvalue weighted by atomic mass is 9.87. The highest BCUT2D eigenvalue weighted by Crippen LogP contribution is 2.36. The van der Waals surface area contributed by atoms with Crippen LogP contribution in [0.15, 0.2) is 48.5 Å². The number of hydrogen-bond acceptors (Lipinski definition) is 4. The number of aryl methyl sites for hydroxylation is 1. The molecule has 1 aliphatic carbocycles. The molecule has 2 aliphatic rings. The minimum absolute atomic E-state index is 0.0338. The molecule has 29 heavy (non-hydrogen) atoms. The van der Waals surface area contributed by atoms with Crippen LogP contribution in [-0.2, 0) is 21.2 Å². The number of amides is 2. The standard InChI is InChI=1S/C22H24N2O4S/c1-22(2)14-29(27,28)24(21(22)26)17-12-10-16(11-13-17)20(25)23-19-9-5-7-15-6-3-4-8-18(15)19/h3-4,6,8,10-13,19H,5,7,9,14H2,1-2H3,(H,23,25). The van der Waals surface area contributed by atoms with Crippen LogP contribution in [0.3, 0.4) is 0 Å². The maximum Gasteiger partial charge on any atom is 0.251 e. The molecule has 1 heterocycles. The van der Waals surface area contributed by atoms with E-state index in [1.165, 1.54) is 17.7 Å². The predicted octanol–water partition coefficient (Wildman–Crippen LogP) is 3.20. The number of nitrogens with zero attached hydrogens (tertiary/aromatic N) is 1. The van der Waals surface area contributed by atoms with Crippen molar-refractivity contribution in [2.24, 2.45) is 5.41 Å². The highest BCUT2D eigenvalue weighted by Gasteiger charge is 2.49. The molecule has 7 heteroatoms. The smallest absolute Gasteiger partial charge is 0.251 e. The Morgan fingerprint density at radius 3 is 2.45 bits per heavy atom. The molecule has 1 aliphatic heterocycles. The predicted molar refractivity (Wildman–Crippen MR) is 111 cm³/mol. The summed E-state index contributed by atoms with van der Waals surface area (Å²) in [7, 11) is -3.70. The van der Waals surface area contributed by atoms with Gasteiger partial charge in [0.1, 0.15) is 0 Å². The zero-order valence-corrected chi connectivity index (χ0v) is 17.3. The summed E-state index contributed by atoms with van der Waals surface area (Å²) in [5.74, 6) is -0.884. The van der Waals surface area contributed by atoms with Gasteiger partial charge in [-0.2, -0.15) is 0 Å². The Labute approximate surface area is 171 Å². The van der Waals surface area contributed by atoms with E-state index in [1.54, 1.807) is 26.0 Å². The third kappa shape index (κ3) is 3.55. The van der Waals surface area contributed by atoms with Crippen molar-refractivity contribution in [1.82, 2.24) is 5.32 Å². The summed E-state index contributed by atoms with van der Waals surface area (Å²) in [5.41, 5.74) is 2.16. The molecule has 1 fully saturated rings. The Morgan fingerprint density at radius 1 is 1.10 bits per heavy atom. The first-order chi connectivity index (χ1) is 13.7. The van der Waals surface area contributed by atoms with Gasteiger partial charge >= 0.3 is 0 Å². The van der Waals surface area contributed by atoms with Crippen LogP contribution in [0.25, 0.3) is 0 Å². The number of fused-ring (bicyclic) bond motifs is 1. The van der Waals surface area contributed by atoms with Crippen molar-refractivity contribution in [1.29, 1.82) is 0 Å².